The Hall–Kier alpha value is -2.50. The number of hydrogen-bond acceptors (Lipinski definition) is 3. The Morgan fingerprint density at radius 3 is 3.00 bits per heavy atom. The molecule has 1 heterocycles. The highest BCUT2D eigenvalue weighted by molar-refractivity contribution is 6.07. The monoisotopic (exact) mass is 260 g/mol. The summed E-state index contributed by atoms with van der Waals surface area (Å²) in [6.07, 6.45) is 0. The van der Waals surface area contributed by atoms with Crippen molar-refractivity contribution in [3.63, 3.8) is 0 Å². The number of aromatic nitrogens is 1. The molecule has 0 aliphatic carbocycles. The number of ether oxygens (including phenoxy) is 1. The van der Waals surface area contributed by atoms with Gasteiger partial charge in [0.1, 0.15) is 11.4 Å². The number of carbonyl (C=O) groups excluding carboxylic acids is 1. The molecule has 2 aromatic rings. The van der Waals surface area contributed by atoms with Crippen molar-refractivity contribution >= 4 is 22.8 Å². The van der Waals surface area contributed by atoms with Crippen LogP contribution in [0.4, 0.5) is 0 Å². The lowest BCUT2D eigenvalue weighted by Gasteiger charge is -2.02. The number of H-pyrrole nitrogens is 1. The molecule has 0 bridgehead atoms. The van der Waals surface area contributed by atoms with E-state index in [1.54, 1.807) is 6.07 Å². The van der Waals surface area contributed by atoms with E-state index in [4.69, 9.17) is 10.5 Å². The molecule has 0 fully saturated rings. The van der Waals surface area contributed by atoms with Crippen LogP contribution >= 0.6 is 0 Å². The van der Waals surface area contributed by atoms with Gasteiger partial charge in [0.05, 0.1) is 6.61 Å². The van der Waals surface area contributed by atoms with E-state index in [1.165, 1.54) is 7.05 Å². The van der Waals surface area contributed by atoms with E-state index in [-0.39, 0.29) is 11.9 Å². The lowest BCUT2D eigenvalue weighted by atomic mass is 10.2. The summed E-state index contributed by atoms with van der Waals surface area (Å²) in [6, 6.07) is 7.35. The number of carbonyl (C=O) groups is 1. The fraction of sp³-hybridized carbons (Fsp3) is 0.231. The molecule has 0 radical (unpaired) electrons. The third kappa shape index (κ3) is 2.67. The molecule has 1 aromatic carbocycles. The van der Waals surface area contributed by atoms with Crippen molar-refractivity contribution in [1.29, 1.82) is 0 Å². The van der Waals surface area contributed by atoms with E-state index in [0.717, 1.165) is 16.7 Å². The molecule has 0 aliphatic heterocycles. The van der Waals surface area contributed by atoms with Gasteiger partial charge in [-0.2, -0.15) is 0 Å². The molecule has 0 aliphatic rings. The van der Waals surface area contributed by atoms with Gasteiger partial charge in [-0.05, 0) is 25.1 Å². The van der Waals surface area contributed by atoms with Crippen molar-refractivity contribution in [3.8, 4) is 5.75 Å². The number of aromatic amines is 1. The van der Waals surface area contributed by atoms with E-state index in [0.29, 0.717) is 12.3 Å². The summed E-state index contributed by atoms with van der Waals surface area (Å²) in [5.41, 5.74) is 6.71. The van der Waals surface area contributed by atoms with Crippen LogP contribution < -0.4 is 15.8 Å². The number of amides is 1. The quantitative estimate of drug-likeness (QED) is 0.572. The molecule has 0 unspecified atom stereocenters. The summed E-state index contributed by atoms with van der Waals surface area (Å²) in [6.45, 7) is 2.48. The van der Waals surface area contributed by atoms with E-state index in [9.17, 15) is 4.79 Å². The third-order valence-corrected chi connectivity index (χ3v) is 2.65. The number of guanidine groups is 1. The first kappa shape index (κ1) is 12.9. The Balaban J connectivity index is 2.36. The summed E-state index contributed by atoms with van der Waals surface area (Å²) >= 11 is 0. The summed E-state index contributed by atoms with van der Waals surface area (Å²) in [5.74, 6) is 0.489. The van der Waals surface area contributed by atoms with Gasteiger partial charge in [-0.1, -0.05) is 6.07 Å². The van der Waals surface area contributed by atoms with Crippen LogP contribution in [0.2, 0.25) is 0 Å². The summed E-state index contributed by atoms with van der Waals surface area (Å²) in [7, 11) is 1.51. The zero-order valence-electron chi connectivity index (χ0n) is 10.9. The summed E-state index contributed by atoms with van der Waals surface area (Å²) in [4.78, 5) is 18.6. The van der Waals surface area contributed by atoms with Gasteiger partial charge in [-0.3, -0.25) is 15.1 Å². The van der Waals surface area contributed by atoms with Crippen LogP contribution in [0.3, 0.4) is 0 Å². The van der Waals surface area contributed by atoms with E-state index in [2.05, 4.69) is 15.3 Å². The lowest BCUT2D eigenvalue weighted by molar-refractivity contribution is 0.0972. The van der Waals surface area contributed by atoms with Gasteiger partial charge in [0, 0.05) is 18.0 Å². The molecule has 1 amide bonds. The van der Waals surface area contributed by atoms with Crippen LogP contribution in [0.25, 0.3) is 10.9 Å². The molecule has 1 aromatic heterocycles. The minimum atomic E-state index is -0.332. The first-order chi connectivity index (χ1) is 9.15. The molecule has 0 saturated carbocycles. The Bertz CT molecular complexity index is 631. The Morgan fingerprint density at radius 2 is 2.32 bits per heavy atom. The molecular weight excluding hydrogens is 244 g/mol. The highest BCUT2D eigenvalue weighted by Gasteiger charge is 2.12. The molecule has 2 rings (SSSR count). The van der Waals surface area contributed by atoms with E-state index in [1.807, 2.05) is 25.1 Å². The number of nitrogens with zero attached hydrogens (tertiary/aromatic N) is 1. The van der Waals surface area contributed by atoms with Crippen molar-refractivity contribution in [2.75, 3.05) is 13.7 Å². The second-order valence-electron chi connectivity index (χ2n) is 3.90. The van der Waals surface area contributed by atoms with Crippen molar-refractivity contribution in [2.45, 2.75) is 6.92 Å². The van der Waals surface area contributed by atoms with Crippen molar-refractivity contribution in [1.82, 2.24) is 10.3 Å². The number of aliphatic imine (C=N–C) groups is 1. The van der Waals surface area contributed by atoms with Crippen molar-refractivity contribution in [3.05, 3.63) is 30.0 Å². The van der Waals surface area contributed by atoms with Crippen molar-refractivity contribution < 1.29 is 9.53 Å². The van der Waals surface area contributed by atoms with Crippen LogP contribution in [-0.4, -0.2) is 30.5 Å². The average molecular weight is 260 g/mol. The number of rotatable bonds is 3. The zero-order chi connectivity index (χ0) is 13.8. The van der Waals surface area contributed by atoms with Crippen LogP contribution in [-0.2, 0) is 0 Å². The molecule has 0 spiro atoms. The van der Waals surface area contributed by atoms with Gasteiger partial charge in [0.25, 0.3) is 5.91 Å². The molecule has 6 heteroatoms. The molecule has 19 heavy (non-hydrogen) atoms. The Morgan fingerprint density at radius 1 is 1.53 bits per heavy atom. The predicted molar refractivity (Wildman–Crippen MR) is 74.5 cm³/mol. The minimum absolute atomic E-state index is 0.0775. The highest BCUT2D eigenvalue weighted by Crippen LogP contribution is 2.26. The third-order valence-electron chi connectivity index (χ3n) is 2.65. The second kappa shape index (κ2) is 5.43. The summed E-state index contributed by atoms with van der Waals surface area (Å²) < 4.78 is 5.51. The maximum absolute atomic E-state index is 11.9. The van der Waals surface area contributed by atoms with Gasteiger partial charge in [0.15, 0.2) is 5.96 Å². The number of benzene rings is 1. The molecule has 100 valence electrons. The van der Waals surface area contributed by atoms with E-state index < -0.39 is 0 Å². The highest BCUT2D eigenvalue weighted by atomic mass is 16.5. The van der Waals surface area contributed by atoms with Gasteiger partial charge >= 0.3 is 0 Å². The smallest absolute Gasteiger partial charge is 0.274 e. The summed E-state index contributed by atoms with van der Waals surface area (Å²) in [5, 5.41) is 3.34. The molecule has 4 N–H and O–H groups in total. The van der Waals surface area contributed by atoms with Crippen LogP contribution in [0.1, 0.15) is 17.4 Å². The SMILES string of the molecule is CCOc1cccc2[nH]c(C(=O)NC(N)=NC)cc12. The Kier molecular flexibility index (Phi) is 3.70. The zero-order valence-corrected chi connectivity index (χ0v) is 10.9. The average Bonchev–Trinajstić information content (AvgIpc) is 2.84. The molecule has 0 atom stereocenters. The topological polar surface area (TPSA) is 92.5 Å². The number of nitrogens with one attached hydrogen (secondary N) is 2. The van der Waals surface area contributed by atoms with Crippen molar-refractivity contribution in [2.24, 2.45) is 10.7 Å². The van der Waals surface area contributed by atoms with Gasteiger partial charge in [-0.15, -0.1) is 0 Å². The maximum Gasteiger partial charge on any atom is 0.274 e. The second-order valence-corrected chi connectivity index (χ2v) is 3.90. The van der Waals surface area contributed by atoms with Crippen LogP contribution in [0.15, 0.2) is 29.3 Å². The van der Waals surface area contributed by atoms with Crippen LogP contribution in [0, 0.1) is 0 Å². The molecule has 6 nitrogen and oxygen atoms in total. The van der Waals surface area contributed by atoms with Gasteiger partial charge in [0.2, 0.25) is 0 Å². The first-order valence-electron chi connectivity index (χ1n) is 5.93. The van der Waals surface area contributed by atoms with Gasteiger partial charge < -0.3 is 15.5 Å². The number of hydrogen-bond donors (Lipinski definition) is 3. The number of nitrogens with two attached hydrogens (primary N) is 1. The molecular formula is C13H16N4O2. The fourth-order valence-electron chi connectivity index (χ4n) is 1.77. The maximum atomic E-state index is 11.9. The normalized spacial score (nSPS) is 11.6. The first-order valence-corrected chi connectivity index (χ1v) is 5.93. The minimum Gasteiger partial charge on any atom is -0.493 e. The van der Waals surface area contributed by atoms with Gasteiger partial charge in [-0.25, -0.2) is 0 Å². The fourth-order valence-corrected chi connectivity index (χ4v) is 1.77. The number of fused-ring (bicyclic) bond motifs is 1. The van der Waals surface area contributed by atoms with E-state index >= 15 is 0 Å². The lowest BCUT2D eigenvalue weighted by Crippen LogP contribution is -2.36. The largest absolute Gasteiger partial charge is 0.493 e. The molecule has 0 saturated heterocycles. The van der Waals surface area contributed by atoms with Crippen LogP contribution in [0.5, 0.6) is 5.75 Å². The predicted octanol–water partition coefficient (Wildman–Crippen LogP) is 1.24. The standard InChI is InChI=1S/C13H16N4O2/c1-3-19-11-6-4-5-9-8(11)7-10(16-9)12(18)17-13(14)15-2/h4-7,16H,3H2,1-2H3,(H3,14,15,17,18). The Labute approximate surface area is 110 Å².